The summed E-state index contributed by atoms with van der Waals surface area (Å²) in [6.07, 6.45) is 2.78. The number of likely N-dealkylation sites (tertiary alicyclic amines) is 1. The van der Waals surface area contributed by atoms with Crippen LogP contribution in [-0.2, 0) is 0 Å². The van der Waals surface area contributed by atoms with Gasteiger partial charge in [-0.05, 0) is 38.4 Å². The van der Waals surface area contributed by atoms with Gasteiger partial charge >= 0.3 is 0 Å². The van der Waals surface area contributed by atoms with Crippen LogP contribution in [0.3, 0.4) is 0 Å². The monoisotopic (exact) mass is 393 g/mol. The number of anilines is 1. The van der Waals surface area contributed by atoms with E-state index < -0.39 is 6.10 Å². The summed E-state index contributed by atoms with van der Waals surface area (Å²) in [6.45, 7) is 3.97. The first-order valence-corrected chi connectivity index (χ1v) is 10.1. The van der Waals surface area contributed by atoms with E-state index in [0.29, 0.717) is 49.1 Å². The van der Waals surface area contributed by atoms with Crippen LogP contribution in [0.1, 0.15) is 36.0 Å². The van der Waals surface area contributed by atoms with Crippen molar-refractivity contribution < 1.29 is 24.5 Å². The number of ether oxygens (including phenoxy) is 2. The molecule has 0 spiro atoms. The normalized spacial score (nSPS) is 22.5. The highest BCUT2D eigenvalue weighted by Crippen LogP contribution is 2.35. The second kappa shape index (κ2) is 9.95. The van der Waals surface area contributed by atoms with Crippen LogP contribution in [0.5, 0.6) is 11.5 Å². The molecule has 156 valence electrons. The van der Waals surface area contributed by atoms with Gasteiger partial charge < -0.3 is 35.6 Å². The van der Waals surface area contributed by atoms with Crippen LogP contribution in [0.15, 0.2) is 12.1 Å². The highest BCUT2D eigenvalue weighted by atomic mass is 16.5. The second-order valence-electron chi connectivity index (χ2n) is 7.50. The van der Waals surface area contributed by atoms with Gasteiger partial charge in [0, 0.05) is 43.8 Å². The molecule has 2 heterocycles. The molecule has 1 saturated heterocycles. The summed E-state index contributed by atoms with van der Waals surface area (Å²) < 4.78 is 11.4. The summed E-state index contributed by atoms with van der Waals surface area (Å²) in [5.74, 6) is 0.670. The van der Waals surface area contributed by atoms with Crippen molar-refractivity contribution in [1.29, 1.82) is 0 Å². The summed E-state index contributed by atoms with van der Waals surface area (Å²) in [5.41, 5.74) is 6.74. The van der Waals surface area contributed by atoms with Crippen LogP contribution in [-0.4, -0.2) is 73.1 Å². The number of rotatable bonds is 7. The molecule has 1 fully saturated rings. The Hall–Kier alpha value is -2.03. The molecule has 2 aliphatic rings. The number of aliphatic hydroxyl groups excluding tert-OH is 2. The number of piperidine rings is 1. The number of carbonyl (C=O) groups is 1. The van der Waals surface area contributed by atoms with Gasteiger partial charge in [-0.25, -0.2) is 0 Å². The van der Waals surface area contributed by atoms with Gasteiger partial charge in [0.05, 0.1) is 24.9 Å². The Kier molecular flexibility index (Phi) is 7.36. The lowest BCUT2D eigenvalue weighted by molar-refractivity contribution is 0.0212. The van der Waals surface area contributed by atoms with Crippen LogP contribution in [0.25, 0.3) is 0 Å². The van der Waals surface area contributed by atoms with E-state index in [-0.39, 0.29) is 18.4 Å². The van der Waals surface area contributed by atoms with E-state index in [1.54, 1.807) is 12.1 Å². The number of β-amino-alcohol motifs (C(OH)–C–C–N with tert-alkyl or cyclic N) is 1. The van der Waals surface area contributed by atoms with Crippen LogP contribution >= 0.6 is 0 Å². The number of nitrogens with one attached hydrogen (secondary N) is 1. The molecule has 0 bridgehead atoms. The first-order valence-electron chi connectivity index (χ1n) is 10.1. The van der Waals surface area contributed by atoms with Gasteiger partial charge in [-0.15, -0.1) is 0 Å². The molecule has 3 rings (SSSR count). The van der Waals surface area contributed by atoms with Crippen LogP contribution in [0, 0.1) is 5.92 Å². The summed E-state index contributed by atoms with van der Waals surface area (Å²) in [4.78, 5) is 15.0. The maximum Gasteiger partial charge on any atom is 0.255 e. The predicted molar refractivity (Wildman–Crippen MR) is 106 cm³/mol. The van der Waals surface area contributed by atoms with Crippen molar-refractivity contribution in [2.75, 3.05) is 51.7 Å². The summed E-state index contributed by atoms with van der Waals surface area (Å²) in [7, 11) is 0. The first-order chi connectivity index (χ1) is 13.6. The molecule has 2 aliphatic heterocycles. The predicted octanol–water partition coefficient (Wildman–Crippen LogP) is 0.615. The molecule has 0 radical (unpaired) electrons. The molecule has 28 heavy (non-hydrogen) atoms. The first kappa shape index (κ1) is 20.7. The zero-order valence-electron chi connectivity index (χ0n) is 16.2. The van der Waals surface area contributed by atoms with E-state index >= 15 is 0 Å². The van der Waals surface area contributed by atoms with Crippen molar-refractivity contribution in [1.82, 2.24) is 10.2 Å². The standard InChI is InChI=1S/C20H31N3O5/c21-15-10-16(19-18(11-15)27-8-3-9-28-19)20(26)22-12-14-4-6-23(13-17(14)25)5-1-2-7-24/h10-11,14,17,24-25H,1-9,12-13,21H2,(H,22,26)/t14-,17+/m0/s1. The number of fused-ring (bicyclic) bond motifs is 1. The van der Waals surface area contributed by atoms with E-state index in [0.717, 1.165) is 38.8 Å². The molecule has 1 aromatic rings. The van der Waals surface area contributed by atoms with Crippen LogP contribution < -0.4 is 20.5 Å². The van der Waals surface area contributed by atoms with Crippen molar-refractivity contribution in [3.63, 3.8) is 0 Å². The fourth-order valence-electron chi connectivity index (χ4n) is 3.72. The number of hydrogen-bond donors (Lipinski definition) is 4. The lowest BCUT2D eigenvalue weighted by Gasteiger charge is -2.36. The molecular weight excluding hydrogens is 362 g/mol. The topological polar surface area (TPSA) is 117 Å². The van der Waals surface area contributed by atoms with Gasteiger partial charge in [0.15, 0.2) is 11.5 Å². The second-order valence-corrected chi connectivity index (χ2v) is 7.50. The summed E-state index contributed by atoms with van der Waals surface area (Å²) in [6, 6.07) is 3.27. The smallest absolute Gasteiger partial charge is 0.255 e. The molecule has 1 amide bonds. The number of benzene rings is 1. The van der Waals surface area contributed by atoms with E-state index in [4.69, 9.17) is 20.3 Å². The highest BCUT2D eigenvalue weighted by molar-refractivity contribution is 5.98. The van der Waals surface area contributed by atoms with Crippen molar-refractivity contribution >= 4 is 11.6 Å². The Bertz CT molecular complexity index is 669. The maximum absolute atomic E-state index is 12.8. The Balaban J connectivity index is 1.56. The van der Waals surface area contributed by atoms with E-state index in [1.165, 1.54) is 0 Å². The average Bonchev–Trinajstić information content (AvgIpc) is 2.92. The summed E-state index contributed by atoms with van der Waals surface area (Å²) >= 11 is 0. The third-order valence-electron chi connectivity index (χ3n) is 5.33. The minimum absolute atomic E-state index is 0.00914. The lowest BCUT2D eigenvalue weighted by atomic mass is 9.93. The van der Waals surface area contributed by atoms with Crippen molar-refractivity contribution in [2.24, 2.45) is 5.92 Å². The molecule has 8 nitrogen and oxygen atoms in total. The minimum Gasteiger partial charge on any atom is -0.489 e. The van der Waals surface area contributed by atoms with Gasteiger partial charge in [-0.1, -0.05) is 0 Å². The number of unbranched alkanes of at least 4 members (excludes halogenated alkanes) is 1. The fourth-order valence-corrected chi connectivity index (χ4v) is 3.72. The van der Waals surface area contributed by atoms with E-state index in [2.05, 4.69) is 10.2 Å². The van der Waals surface area contributed by atoms with Crippen molar-refractivity contribution in [3.8, 4) is 11.5 Å². The minimum atomic E-state index is -0.485. The Labute approximate surface area is 165 Å². The van der Waals surface area contributed by atoms with Gasteiger partial charge in [0.1, 0.15) is 0 Å². The van der Waals surface area contributed by atoms with Crippen LogP contribution in [0.2, 0.25) is 0 Å². The third-order valence-corrected chi connectivity index (χ3v) is 5.33. The lowest BCUT2D eigenvalue weighted by Crippen LogP contribution is -2.47. The Morgan fingerprint density at radius 3 is 2.89 bits per heavy atom. The zero-order chi connectivity index (χ0) is 19.9. The van der Waals surface area contributed by atoms with Crippen molar-refractivity contribution in [2.45, 2.75) is 31.8 Å². The molecular formula is C20H31N3O5. The molecule has 8 heteroatoms. The Morgan fingerprint density at radius 2 is 2.11 bits per heavy atom. The molecule has 0 unspecified atom stereocenters. The number of nitrogen functional groups attached to an aromatic ring is 1. The summed E-state index contributed by atoms with van der Waals surface area (Å²) in [5, 5.41) is 22.2. The quantitative estimate of drug-likeness (QED) is 0.396. The van der Waals surface area contributed by atoms with Gasteiger partial charge in [-0.2, -0.15) is 0 Å². The number of hydrogen-bond acceptors (Lipinski definition) is 7. The average molecular weight is 393 g/mol. The molecule has 0 aromatic heterocycles. The fraction of sp³-hybridized carbons (Fsp3) is 0.650. The van der Waals surface area contributed by atoms with E-state index in [1.807, 2.05) is 0 Å². The van der Waals surface area contributed by atoms with Gasteiger partial charge in [-0.3, -0.25) is 4.79 Å². The largest absolute Gasteiger partial charge is 0.489 e. The molecule has 0 saturated carbocycles. The third kappa shape index (κ3) is 5.27. The van der Waals surface area contributed by atoms with Gasteiger partial charge in [0.2, 0.25) is 0 Å². The molecule has 1 aromatic carbocycles. The number of carbonyl (C=O) groups excluding carboxylic acids is 1. The number of nitrogens with two attached hydrogens (primary N) is 1. The molecule has 2 atom stereocenters. The number of aliphatic hydroxyl groups is 2. The maximum atomic E-state index is 12.8. The van der Waals surface area contributed by atoms with Crippen LogP contribution in [0.4, 0.5) is 5.69 Å². The van der Waals surface area contributed by atoms with Crippen molar-refractivity contribution in [3.05, 3.63) is 17.7 Å². The zero-order valence-corrected chi connectivity index (χ0v) is 16.2. The highest BCUT2D eigenvalue weighted by Gasteiger charge is 2.28. The SMILES string of the molecule is Nc1cc2c(c(C(=O)NC[C@@H]3CCN(CCCCO)C[C@H]3O)c1)OCCCO2. The Morgan fingerprint density at radius 1 is 1.29 bits per heavy atom. The van der Waals surface area contributed by atoms with Gasteiger partial charge in [0.25, 0.3) is 5.91 Å². The molecule has 0 aliphatic carbocycles. The number of nitrogens with zero attached hydrogens (tertiary/aromatic N) is 1. The van der Waals surface area contributed by atoms with E-state index in [9.17, 15) is 9.90 Å². The molecule has 5 N–H and O–H groups in total. The number of amides is 1.